The van der Waals surface area contributed by atoms with E-state index < -0.39 is 4.92 Å². The van der Waals surface area contributed by atoms with Gasteiger partial charge in [0.05, 0.1) is 4.92 Å². The molecule has 0 saturated heterocycles. The van der Waals surface area contributed by atoms with E-state index in [0.717, 1.165) is 12.2 Å². The van der Waals surface area contributed by atoms with Crippen molar-refractivity contribution >= 4 is 11.4 Å². The summed E-state index contributed by atoms with van der Waals surface area (Å²) in [5.74, 6) is 0.656. The number of nitrogens with zero attached hydrogens (tertiary/aromatic N) is 2. The number of nitro benzene ring substituents is 1. The van der Waals surface area contributed by atoms with Crippen molar-refractivity contribution < 1.29 is 4.92 Å². The molecule has 0 radical (unpaired) electrons. The highest BCUT2D eigenvalue weighted by atomic mass is 16.6. The molecule has 0 heterocycles. The van der Waals surface area contributed by atoms with E-state index in [1.54, 1.807) is 6.07 Å². The summed E-state index contributed by atoms with van der Waals surface area (Å²) in [7, 11) is 0. The van der Waals surface area contributed by atoms with Gasteiger partial charge in [-0.3, -0.25) is 10.1 Å². The lowest BCUT2D eigenvalue weighted by Gasteiger charge is -2.22. The summed E-state index contributed by atoms with van der Waals surface area (Å²) in [4.78, 5) is 10.4. The Balaban J connectivity index is 2.02. The fourth-order valence-corrected chi connectivity index (χ4v) is 2.54. The van der Waals surface area contributed by atoms with E-state index in [1.807, 2.05) is 6.07 Å². The first-order valence-electron chi connectivity index (χ1n) is 6.63. The maximum absolute atomic E-state index is 10.9. The van der Waals surface area contributed by atoms with Crippen LogP contribution >= 0.6 is 0 Å². The number of nitro groups is 1. The van der Waals surface area contributed by atoms with E-state index in [2.05, 4.69) is 5.32 Å². The van der Waals surface area contributed by atoms with Crippen molar-refractivity contribution in [1.29, 1.82) is 5.26 Å². The van der Waals surface area contributed by atoms with Crippen molar-refractivity contribution in [2.45, 2.75) is 32.1 Å². The van der Waals surface area contributed by atoms with Crippen LogP contribution < -0.4 is 5.32 Å². The summed E-state index contributed by atoms with van der Waals surface area (Å²) in [5.41, 5.74) is 0.695. The topological polar surface area (TPSA) is 79.0 Å². The minimum Gasteiger partial charge on any atom is -0.385 e. The molecule has 5 nitrogen and oxygen atoms in total. The molecule has 0 aromatic heterocycles. The zero-order chi connectivity index (χ0) is 13.7. The van der Waals surface area contributed by atoms with E-state index in [4.69, 9.17) is 5.26 Å². The normalized spacial score (nSPS) is 15.7. The van der Waals surface area contributed by atoms with E-state index in [1.165, 1.54) is 44.2 Å². The monoisotopic (exact) mass is 259 g/mol. The molecule has 0 bridgehead atoms. The van der Waals surface area contributed by atoms with Gasteiger partial charge < -0.3 is 5.32 Å². The third-order valence-corrected chi connectivity index (χ3v) is 3.63. The van der Waals surface area contributed by atoms with Gasteiger partial charge in [0.25, 0.3) is 5.69 Å². The summed E-state index contributed by atoms with van der Waals surface area (Å²) >= 11 is 0. The molecular formula is C14H17N3O2. The van der Waals surface area contributed by atoms with E-state index in [0.29, 0.717) is 5.92 Å². The number of anilines is 1. The second-order valence-electron chi connectivity index (χ2n) is 4.99. The molecule has 1 aromatic rings. The molecule has 1 N–H and O–H groups in total. The Bertz CT molecular complexity index is 502. The van der Waals surface area contributed by atoms with Crippen molar-refractivity contribution in [3.8, 4) is 6.07 Å². The lowest BCUT2D eigenvalue weighted by molar-refractivity contribution is -0.385. The summed E-state index contributed by atoms with van der Waals surface area (Å²) in [5, 5.41) is 22.9. The molecule has 0 amide bonds. The SMILES string of the molecule is N#Cc1ccc(NCC2CCCCC2)cc1[N+](=O)[O-]. The van der Waals surface area contributed by atoms with Gasteiger partial charge in [-0.1, -0.05) is 19.3 Å². The Hall–Kier alpha value is -2.09. The maximum atomic E-state index is 10.9. The lowest BCUT2D eigenvalue weighted by Crippen LogP contribution is -2.17. The standard InChI is InChI=1S/C14H17N3O2/c15-9-12-6-7-13(8-14(12)17(18)19)16-10-11-4-2-1-3-5-11/h6-8,11,16H,1-5,10H2. The second kappa shape index (κ2) is 6.19. The van der Waals surface area contributed by atoms with Crippen molar-refractivity contribution in [3.63, 3.8) is 0 Å². The third kappa shape index (κ3) is 3.44. The van der Waals surface area contributed by atoms with Gasteiger partial charge in [0.1, 0.15) is 11.6 Å². The molecule has 100 valence electrons. The highest BCUT2D eigenvalue weighted by molar-refractivity contribution is 5.59. The molecule has 0 aliphatic heterocycles. The van der Waals surface area contributed by atoms with E-state index in [-0.39, 0.29) is 11.3 Å². The zero-order valence-corrected chi connectivity index (χ0v) is 10.8. The Morgan fingerprint density at radius 2 is 2.11 bits per heavy atom. The molecule has 1 aliphatic carbocycles. The molecular weight excluding hydrogens is 242 g/mol. The van der Waals surface area contributed by atoms with Gasteiger partial charge in [-0.2, -0.15) is 5.26 Å². The second-order valence-corrected chi connectivity index (χ2v) is 4.99. The lowest BCUT2D eigenvalue weighted by atomic mass is 9.89. The summed E-state index contributed by atoms with van der Waals surface area (Å²) in [6, 6.07) is 6.52. The van der Waals surface area contributed by atoms with Gasteiger partial charge in [0, 0.05) is 18.3 Å². The summed E-state index contributed by atoms with van der Waals surface area (Å²) in [6.07, 6.45) is 6.33. The van der Waals surface area contributed by atoms with Gasteiger partial charge in [-0.25, -0.2) is 0 Å². The zero-order valence-electron chi connectivity index (χ0n) is 10.8. The number of nitrogens with one attached hydrogen (secondary N) is 1. The minimum atomic E-state index is -0.510. The number of rotatable bonds is 4. The Morgan fingerprint density at radius 1 is 1.37 bits per heavy atom. The Kier molecular flexibility index (Phi) is 4.35. The average molecular weight is 259 g/mol. The molecule has 1 saturated carbocycles. The van der Waals surface area contributed by atoms with Gasteiger partial charge >= 0.3 is 0 Å². The molecule has 1 aromatic carbocycles. The van der Waals surface area contributed by atoms with E-state index >= 15 is 0 Å². The predicted molar refractivity (Wildman–Crippen MR) is 72.9 cm³/mol. The molecule has 0 atom stereocenters. The molecule has 1 aliphatic rings. The molecule has 1 fully saturated rings. The van der Waals surface area contributed by atoms with Crippen LogP contribution in [0.5, 0.6) is 0 Å². The largest absolute Gasteiger partial charge is 0.385 e. The summed E-state index contributed by atoms with van der Waals surface area (Å²) in [6.45, 7) is 0.850. The fourth-order valence-electron chi connectivity index (χ4n) is 2.54. The van der Waals surface area contributed by atoms with Crippen molar-refractivity contribution in [2.75, 3.05) is 11.9 Å². The molecule has 19 heavy (non-hydrogen) atoms. The number of nitriles is 1. The number of hydrogen-bond donors (Lipinski definition) is 1. The van der Waals surface area contributed by atoms with Crippen LogP contribution in [0.4, 0.5) is 11.4 Å². The van der Waals surface area contributed by atoms with Gasteiger partial charge in [-0.15, -0.1) is 0 Å². The van der Waals surface area contributed by atoms with Crippen molar-refractivity contribution in [2.24, 2.45) is 5.92 Å². The van der Waals surface area contributed by atoms with Gasteiger partial charge in [0.2, 0.25) is 0 Å². The first kappa shape index (κ1) is 13.3. The first-order chi connectivity index (χ1) is 9.20. The highest BCUT2D eigenvalue weighted by Gasteiger charge is 2.16. The fraction of sp³-hybridized carbons (Fsp3) is 0.500. The van der Waals surface area contributed by atoms with Crippen molar-refractivity contribution in [3.05, 3.63) is 33.9 Å². The van der Waals surface area contributed by atoms with Crippen LogP contribution in [-0.4, -0.2) is 11.5 Å². The van der Waals surface area contributed by atoms with Crippen LogP contribution in [0.3, 0.4) is 0 Å². The van der Waals surface area contributed by atoms with Crippen LogP contribution in [-0.2, 0) is 0 Å². The van der Waals surface area contributed by atoms with Gasteiger partial charge in [0.15, 0.2) is 0 Å². The van der Waals surface area contributed by atoms with Gasteiger partial charge in [-0.05, 0) is 30.9 Å². The van der Waals surface area contributed by atoms with E-state index in [9.17, 15) is 10.1 Å². The Labute approximate surface area is 112 Å². The van der Waals surface area contributed by atoms with Crippen molar-refractivity contribution in [1.82, 2.24) is 0 Å². The van der Waals surface area contributed by atoms with Crippen LogP contribution in [0.15, 0.2) is 18.2 Å². The number of benzene rings is 1. The maximum Gasteiger partial charge on any atom is 0.289 e. The minimum absolute atomic E-state index is 0.105. The molecule has 2 rings (SSSR count). The predicted octanol–water partition coefficient (Wildman–Crippen LogP) is 3.46. The molecule has 5 heteroatoms. The van der Waals surface area contributed by atoms with Crippen LogP contribution in [0, 0.1) is 27.4 Å². The first-order valence-corrected chi connectivity index (χ1v) is 6.63. The average Bonchev–Trinajstić information content (AvgIpc) is 2.46. The molecule has 0 unspecified atom stereocenters. The quantitative estimate of drug-likeness (QED) is 0.663. The summed E-state index contributed by atoms with van der Waals surface area (Å²) < 4.78 is 0. The highest BCUT2D eigenvalue weighted by Crippen LogP contribution is 2.26. The van der Waals surface area contributed by atoms with Crippen LogP contribution in [0.1, 0.15) is 37.7 Å². The smallest absolute Gasteiger partial charge is 0.289 e. The Morgan fingerprint density at radius 3 is 2.74 bits per heavy atom. The third-order valence-electron chi connectivity index (χ3n) is 3.63. The van der Waals surface area contributed by atoms with Crippen LogP contribution in [0.25, 0.3) is 0 Å². The molecule has 0 spiro atoms. The van der Waals surface area contributed by atoms with Crippen LogP contribution in [0.2, 0.25) is 0 Å². The number of hydrogen-bond acceptors (Lipinski definition) is 4.